The fourth-order valence-electron chi connectivity index (χ4n) is 9.96. The van der Waals surface area contributed by atoms with E-state index in [1.165, 1.54) is 205 Å². The summed E-state index contributed by atoms with van der Waals surface area (Å²) in [4.78, 5) is 38.1. The third-order valence-electron chi connectivity index (χ3n) is 15.2. The zero-order valence-corrected chi connectivity index (χ0v) is 55.3. The van der Waals surface area contributed by atoms with Crippen LogP contribution in [0.4, 0.5) is 0 Å². The topological polar surface area (TPSA) is 111 Å². The summed E-state index contributed by atoms with van der Waals surface area (Å²) in [6, 6.07) is 0. The summed E-state index contributed by atoms with van der Waals surface area (Å²) < 4.78 is 34.3. The van der Waals surface area contributed by atoms with Crippen LogP contribution in [-0.2, 0) is 32.7 Å². The Morgan fingerprint density at radius 1 is 0.390 bits per heavy atom. The monoisotopic (exact) mass is 1170 g/mol. The summed E-state index contributed by atoms with van der Waals surface area (Å²) in [6.07, 6.45) is 84.1. The van der Waals surface area contributed by atoms with E-state index in [0.29, 0.717) is 17.4 Å². The van der Waals surface area contributed by atoms with Crippen LogP contribution in [0.25, 0.3) is 0 Å². The highest BCUT2D eigenvalue weighted by Gasteiger charge is 2.22. The van der Waals surface area contributed by atoms with Gasteiger partial charge in [0.2, 0.25) is 0 Å². The average Bonchev–Trinajstić information content (AvgIpc) is 3.45. The number of hydrogen-bond donors (Lipinski definition) is 0. The molecule has 82 heavy (non-hydrogen) atoms. The van der Waals surface area contributed by atoms with Crippen molar-refractivity contribution < 1.29 is 42.1 Å². The molecular weight excluding hydrogens is 1040 g/mol. The van der Waals surface area contributed by atoms with Gasteiger partial charge in [0.05, 0.1) is 27.7 Å². The van der Waals surface area contributed by atoms with Gasteiger partial charge in [-0.25, -0.2) is 0 Å². The Hall–Kier alpha value is -2.55. The molecule has 0 aromatic heterocycles. The maximum absolute atomic E-state index is 12.9. The van der Waals surface area contributed by atoms with E-state index < -0.39 is 26.5 Å². The standard InChI is InChI=1S/C72H132NO8P/c1-6-8-10-12-14-16-18-20-22-24-26-28-30-32-34-36-38-40-42-44-46-48-50-52-54-56-58-60-62-64-71(74)78-68-70(69-80-82(76,77)79-67-66-73(3,4)5)81-72(75)65-63-61-59-57-55-53-51-49-47-45-43-41-39-37-35-33-31-29-27-25-23-21-19-17-15-13-11-9-7-2/h9,11,15,17,21,23,27,29,33,35,39,41,70H,6-8,10,12-14,16,18-20,22,24-26,28,30-32,34,36-38,40,42-69H2,1-5H3/b11-9-,17-15-,23-21-,29-27-,35-33-,41-39-. The van der Waals surface area contributed by atoms with E-state index in [0.717, 1.165) is 83.5 Å². The van der Waals surface area contributed by atoms with Crippen LogP contribution in [-0.4, -0.2) is 70.0 Å². The molecule has 0 aromatic rings. The van der Waals surface area contributed by atoms with Crippen LogP contribution in [0.1, 0.15) is 322 Å². The van der Waals surface area contributed by atoms with Gasteiger partial charge in [-0.2, -0.15) is 0 Å². The molecule has 0 fully saturated rings. The normalized spacial score (nSPS) is 13.6. The zero-order chi connectivity index (χ0) is 59.8. The van der Waals surface area contributed by atoms with Gasteiger partial charge >= 0.3 is 11.9 Å². The molecule has 0 aliphatic carbocycles. The minimum Gasteiger partial charge on any atom is -0.756 e. The van der Waals surface area contributed by atoms with Crippen molar-refractivity contribution in [2.75, 3.05) is 47.5 Å². The predicted octanol–water partition coefficient (Wildman–Crippen LogP) is 21.8. The number of hydrogen-bond acceptors (Lipinski definition) is 8. The second kappa shape index (κ2) is 63.0. The fraction of sp³-hybridized carbons (Fsp3) is 0.806. The summed E-state index contributed by atoms with van der Waals surface area (Å²) >= 11 is 0. The Balaban J connectivity index is 4.05. The number of unbranched alkanes of at least 4 members (excludes halogenated alkanes) is 38. The van der Waals surface area contributed by atoms with Crippen LogP contribution in [0.5, 0.6) is 0 Å². The first-order chi connectivity index (χ1) is 40.0. The molecule has 0 rings (SSSR count). The molecule has 0 spiro atoms. The van der Waals surface area contributed by atoms with Crippen LogP contribution in [0.2, 0.25) is 0 Å². The van der Waals surface area contributed by atoms with Crippen molar-refractivity contribution >= 4 is 19.8 Å². The molecule has 2 unspecified atom stereocenters. The number of carbonyl (C=O) groups excluding carboxylic acids is 2. The number of phosphoric acid groups is 1. The minimum absolute atomic E-state index is 0.0326. The SMILES string of the molecule is CC/C=C\C/C=C\C/C=C\C/C=C\C/C=C\C/C=C\CCCCCCCCCCCCC(=O)OC(COC(=O)CCCCCCCCCCCCCCCCCCCCCCCCCCCCCCC)COP(=O)([O-])OCC[N+](C)(C)C. The number of allylic oxidation sites excluding steroid dienone is 12. The summed E-state index contributed by atoms with van der Waals surface area (Å²) in [5, 5.41) is 0. The number of likely N-dealkylation sites (N-methyl/N-ethyl adjacent to an activating group) is 1. The Labute approximate surface area is 508 Å². The van der Waals surface area contributed by atoms with Crippen LogP contribution in [0.3, 0.4) is 0 Å². The molecule has 0 N–H and O–H groups in total. The lowest BCUT2D eigenvalue weighted by Gasteiger charge is -2.28. The number of nitrogens with zero attached hydrogens (tertiary/aromatic N) is 1. The number of rotatable bonds is 64. The minimum atomic E-state index is -4.64. The van der Waals surface area contributed by atoms with Gasteiger partial charge in [0.1, 0.15) is 19.8 Å². The van der Waals surface area contributed by atoms with Crippen LogP contribution < -0.4 is 4.89 Å². The summed E-state index contributed by atoms with van der Waals surface area (Å²) in [5.41, 5.74) is 0. The van der Waals surface area contributed by atoms with E-state index >= 15 is 0 Å². The Morgan fingerprint density at radius 2 is 0.695 bits per heavy atom. The highest BCUT2D eigenvalue weighted by atomic mass is 31.2. The molecule has 0 heterocycles. The van der Waals surface area contributed by atoms with Gasteiger partial charge < -0.3 is 27.9 Å². The molecule has 0 bridgehead atoms. The Bertz CT molecular complexity index is 1610. The lowest BCUT2D eigenvalue weighted by atomic mass is 10.0. The number of esters is 2. The molecule has 0 aliphatic rings. The first kappa shape index (κ1) is 79.5. The summed E-state index contributed by atoms with van der Waals surface area (Å²) in [6.45, 7) is 4.17. The Kier molecular flexibility index (Phi) is 61.0. The van der Waals surface area contributed by atoms with Gasteiger partial charge in [-0.15, -0.1) is 0 Å². The predicted molar refractivity (Wildman–Crippen MR) is 351 cm³/mol. The van der Waals surface area contributed by atoms with Gasteiger partial charge in [0, 0.05) is 12.8 Å². The van der Waals surface area contributed by atoms with Crippen molar-refractivity contribution in [1.82, 2.24) is 0 Å². The number of phosphoric ester groups is 1. The molecular formula is C72H132NO8P. The van der Waals surface area contributed by atoms with Crippen molar-refractivity contribution in [2.24, 2.45) is 0 Å². The molecule has 0 saturated heterocycles. The largest absolute Gasteiger partial charge is 0.756 e. The van der Waals surface area contributed by atoms with Crippen molar-refractivity contribution in [3.63, 3.8) is 0 Å². The van der Waals surface area contributed by atoms with E-state index in [-0.39, 0.29) is 32.0 Å². The van der Waals surface area contributed by atoms with Gasteiger partial charge in [0.25, 0.3) is 7.82 Å². The molecule has 9 nitrogen and oxygen atoms in total. The van der Waals surface area contributed by atoms with E-state index in [4.69, 9.17) is 18.5 Å². The molecule has 0 amide bonds. The fourth-order valence-corrected chi connectivity index (χ4v) is 10.7. The Morgan fingerprint density at radius 3 is 1.04 bits per heavy atom. The summed E-state index contributed by atoms with van der Waals surface area (Å²) in [7, 11) is 1.17. The molecule has 478 valence electrons. The van der Waals surface area contributed by atoms with Crippen LogP contribution in [0.15, 0.2) is 72.9 Å². The molecule has 0 radical (unpaired) electrons. The number of carbonyl (C=O) groups is 2. The summed E-state index contributed by atoms with van der Waals surface area (Å²) in [5.74, 6) is -0.826. The maximum atomic E-state index is 12.9. The maximum Gasteiger partial charge on any atom is 0.306 e. The van der Waals surface area contributed by atoms with E-state index in [1.807, 2.05) is 21.1 Å². The zero-order valence-electron chi connectivity index (χ0n) is 54.4. The van der Waals surface area contributed by atoms with Crippen LogP contribution >= 0.6 is 7.82 Å². The lowest BCUT2D eigenvalue weighted by Crippen LogP contribution is -2.37. The highest BCUT2D eigenvalue weighted by Crippen LogP contribution is 2.38. The van der Waals surface area contributed by atoms with Crippen molar-refractivity contribution in [1.29, 1.82) is 0 Å². The number of ether oxygens (including phenoxy) is 2. The van der Waals surface area contributed by atoms with Crippen LogP contribution in [0, 0.1) is 0 Å². The second-order valence-electron chi connectivity index (χ2n) is 24.5. The molecule has 0 aliphatic heterocycles. The third kappa shape index (κ3) is 66.6. The van der Waals surface area contributed by atoms with E-state index in [9.17, 15) is 19.0 Å². The quantitative estimate of drug-likeness (QED) is 0.0195. The van der Waals surface area contributed by atoms with E-state index in [1.54, 1.807) is 0 Å². The van der Waals surface area contributed by atoms with Crippen molar-refractivity contribution in [3.05, 3.63) is 72.9 Å². The van der Waals surface area contributed by atoms with Gasteiger partial charge in [-0.3, -0.25) is 14.2 Å². The van der Waals surface area contributed by atoms with Gasteiger partial charge in [0.15, 0.2) is 6.10 Å². The molecule has 10 heteroatoms. The smallest absolute Gasteiger partial charge is 0.306 e. The first-order valence-corrected chi connectivity index (χ1v) is 36.1. The van der Waals surface area contributed by atoms with Crippen molar-refractivity contribution in [2.45, 2.75) is 328 Å². The highest BCUT2D eigenvalue weighted by molar-refractivity contribution is 7.45. The first-order valence-electron chi connectivity index (χ1n) is 34.6. The average molecular weight is 1170 g/mol. The third-order valence-corrected chi connectivity index (χ3v) is 16.2. The van der Waals surface area contributed by atoms with Gasteiger partial charge in [-0.05, 0) is 64.2 Å². The second-order valence-corrected chi connectivity index (χ2v) is 25.9. The lowest BCUT2D eigenvalue weighted by molar-refractivity contribution is -0.870. The molecule has 0 saturated carbocycles. The van der Waals surface area contributed by atoms with E-state index in [2.05, 4.69) is 86.8 Å². The van der Waals surface area contributed by atoms with Crippen molar-refractivity contribution in [3.8, 4) is 0 Å². The molecule has 0 aromatic carbocycles. The molecule has 2 atom stereocenters. The van der Waals surface area contributed by atoms with Gasteiger partial charge in [-0.1, -0.05) is 318 Å². The number of quaternary nitrogens is 1.